The van der Waals surface area contributed by atoms with E-state index in [0.29, 0.717) is 22.5 Å². The summed E-state index contributed by atoms with van der Waals surface area (Å²) in [4.78, 5) is 39.7. The Morgan fingerprint density at radius 3 is 2.60 bits per heavy atom. The number of Topliss-reactive ketones (excluding diaryl/α,β-unsaturated/α-hetero) is 1. The van der Waals surface area contributed by atoms with Gasteiger partial charge >= 0.3 is 5.97 Å². The second-order valence-corrected chi connectivity index (χ2v) is 6.08. The maximum atomic E-state index is 12.7. The van der Waals surface area contributed by atoms with Crippen LogP contribution in [0, 0.1) is 13.8 Å². The van der Waals surface area contributed by atoms with Crippen molar-refractivity contribution in [1.29, 1.82) is 0 Å². The lowest BCUT2D eigenvalue weighted by Gasteiger charge is -2.19. The fourth-order valence-corrected chi connectivity index (χ4v) is 3.23. The van der Waals surface area contributed by atoms with Crippen LogP contribution in [0.5, 0.6) is 0 Å². The van der Waals surface area contributed by atoms with Gasteiger partial charge in [0.2, 0.25) is 0 Å². The number of nitrogens with one attached hydrogen (secondary N) is 2. The number of rotatable bonds is 4. The van der Waals surface area contributed by atoms with E-state index in [4.69, 9.17) is 4.74 Å². The number of benzene rings is 1. The zero-order valence-corrected chi connectivity index (χ0v) is 14.1. The van der Waals surface area contributed by atoms with Crippen molar-refractivity contribution in [2.75, 3.05) is 12.4 Å². The third-order valence-corrected chi connectivity index (χ3v) is 4.52. The molecule has 0 fully saturated rings. The molecule has 0 saturated carbocycles. The summed E-state index contributed by atoms with van der Waals surface area (Å²) in [5.41, 5.74) is 0.308. The number of ketones is 1. The molecule has 1 aliphatic rings. The quantitative estimate of drug-likeness (QED) is 0.580. The zero-order chi connectivity index (χ0) is 18.4. The van der Waals surface area contributed by atoms with Crippen LogP contribution < -0.4 is 5.32 Å². The molecule has 1 amide bonds. The Bertz CT molecular complexity index is 899. The summed E-state index contributed by atoms with van der Waals surface area (Å²) in [5.74, 6) is -1.66. The minimum Gasteiger partial charge on any atom is -0.465 e. The number of aromatic amines is 1. The molecule has 7 nitrogen and oxygen atoms in total. The van der Waals surface area contributed by atoms with E-state index in [1.165, 1.54) is 7.11 Å². The van der Waals surface area contributed by atoms with Crippen molar-refractivity contribution in [1.82, 2.24) is 4.98 Å². The second-order valence-electron chi connectivity index (χ2n) is 6.08. The molecule has 1 aliphatic heterocycles. The smallest absolute Gasteiger partial charge is 0.339 e. The normalized spacial score (nSPS) is 18.6. The third-order valence-electron chi connectivity index (χ3n) is 4.52. The van der Waals surface area contributed by atoms with Gasteiger partial charge in [-0.2, -0.15) is 0 Å². The van der Waals surface area contributed by atoms with Crippen LogP contribution in [-0.4, -0.2) is 34.9 Å². The fourth-order valence-electron chi connectivity index (χ4n) is 3.23. The van der Waals surface area contributed by atoms with Crippen LogP contribution in [0.25, 0.3) is 0 Å². The number of carbonyl (C=O) groups excluding carboxylic acids is 3. The highest BCUT2D eigenvalue weighted by Gasteiger charge is 2.47. The molecule has 0 bridgehead atoms. The lowest BCUT2D eigenvalue weighted by atomic mass is 9.88. The largest absolute Gasteiger partial charge is 0.465 e. The highest BCUT2D eigenvalue weighted by Crippen LogP contribution is 2.39. The summed E-state index contributed by atoms with van der Waals surface area (Å²) in [5, 5.41) is 13.4. The monoisotopic (exact) mass is 342 g/mol. The first-order valence-corrected chi connectivity index (χ1v) is 7.73. The number of anilines is 1. The van der Waals surface area contributed by atoms with Crippen LogP contribution in [0.3, 0.4) is 0 Å². The molecule has 0 saturated heterocycles. The number of esters is 1. The predicted octanol–water partition coefficient (Wildman–Crippen LogP) is 1.83. The molecule has 0 radical (unpaired) electrons. The van der Waals surface area contributed by atoms with Gasteiger partial charge in [0.25, 0.3) is 5.91 Å². The Balaban J connectivity index is 1.96. The van der Waals surface area contributed by atoms with E-state index < -0.39 is 29.7 Å². The molecular formula is C18H18N2O5. The number of aryl methyl sites for hydroxylation is 1. The van der Waals surface area contributed by atoms with Gasteiger partial charge in [0.1, 0.15) is 0 Å². The summed E-state index contributed by atoms with van der Waals surface area (Å²) in [6.07, 6.45) is -0.433. The lowest BCUT2D eigenvalue weighted by molar-refractivity contribution is -0.133. The van der Waals surface area contributed by atoms with Crippen molar-refractivity contribution >= 4 is 23.3 Å². The molecule has 0 spiro atoms. The van der Waals surface area contributed by atoms with E-state index in [-0.39, 0.29) is 11.3 Å². The number of methoxy groups -OCH3 is 1. The standard InChI is InChI=1S/C18H18N2O5/c1-9-14(16(22)25-3)10(2)19-15(9)13(21)8-18(24)11-6-4-5-7-12(11)20-17(18)23/h4-7,19,24H,8H2,1-3H3,(H,20,23). The number of para-hydroxylation sites is 1. The van der Waals surface area contributed by atoms with Crippen molar-refractivity contribution in [2.45, 2.75) is 25.9 Å². The molecule has 1 unspecified atom stereocenters. The Morgan fingerprint density at radius 1 is 1.24 bits per heavy atom. The van der Waals surface area contributed by atoms with E-state index in [1.807, 2.05) is 0 Å². The van der Waals surface area contributed by atoms with Crippen LogP contribution >= 0.6 is 0 Å². The van der Waals surface area contributed by atoms with Gasteiger partial charge < -0.3 is 20.1 Å². The summed E-state index contributed by atoms with van der Waals surface area (Å²) in [6, 6.07) is 6.68. The number of ether oxygens (including phenoxy) is 1. The Kier molecular flexibility index (Phi) is 3.96. The van der Waals surface area contributed by atoms with Gasteiger partial charge in [-0.15, -0.1) is 0 Å². The number of aliphatic hydroxyl groups is 1. The summed E-state index contributed by atoms with van der Waals surface area (Å²) in [6.45, 7) is 3.28. The Morgan fingerprint density at radius 2 is 1.92 bits per heavy atom. The molecule has 2 heterocycles. The fraction of sp³-hybridized carbons (Fsp3) is 0.278. The molecule has 1 aromatic heterocycles. The summed E-state index contributed by atoms with van der Waals surface area (Å²) in [7, 11) is 1.26. The highest BCUT2D eigenvalue weighted by molar-refractivity contribution is 6.10. The van der Waals surface area contributed by atoms with Crippen LogP contribution in [0.4, 0.5) is 5.69 Å². The molecule has 1 atom stereocenters. The van der Waals surface area contributed by atoms with Gasteiger partial charge in [-0.3, -0.25) is 9.59 Å². The maximum absolute atomic E-state index is 12.7. The van der Waals surface area contributed by atoms with Crippen molar-refractivity contribution in [2.24, 2.45) is 0 Å². The topological polar surface area (TPSA) is 108 Å². The minimum atomic E-state index is -1.94. The molecule has 3 rings (SSSR count). The SMILES string of the molecule is COC(=O)c1c(C)[nH]c(C(=O)CC2(O)C(=O)Nc3ccccc32)c1C. The average Bonchev–Trinajstić information content (AvgIpc) is 3.01. The van der Waals surface area contributed by atoms with Crippen LogP contribution in [0.1, 0.15) is 44.1 Å². The van der Waals surface area contributed by atoms with Gasteiger partial charge in [0, 0.05) is 16.9 Å². The van der Waals surface area contributed by atoms with Gasteiger partial charge in [0.05, 0.1) is 24.8 Å². The van der Waals surface area contributed by atoms with Gasteiger partial charge in [-0.05, 0) is 25.5 Å². The molecule has 0 aliphatic carbocycles. The highest BCUT2D eigenvalue weighted by atomic mass is 16.5. The first-order chi connectivity index (χ1) is 11.8. The van der Waals surface area contributed by atoms with Crippen molar-refractivity contribution in [3.63, 3.8) is 0 Å². The summed E-state index contributed by atoms with van der Waals surface area (Å²) < 4.78 is 4.72. The van der Waals surface area contributed by atoms with Gasteiger partial charge in [-0.25, -0.2) is 4.79 Å². The number of hydrogen-bond donors (Lipinski definition) is 3. The van der Waals surface area contributed by atoms with E-state index in [9.17, 15) is 19.5 Å². The van der Waals surface area contributed by atoms with Crippen molar-refractivity contribution < 1.29 is 24.2 Å². The number of fused-ring (bicyclic) bond motifs is 1. The number of aromatic nitrogens is 1. The number of carbonyl (C=O) groups is 3. The zero-order valence-electron chi connectivity index (χ0n) is 14.1. The molecule has 3 N–H and O–H groups in total. The van der Waals surface area contributed by atoms with E-state index in [0.717, 1.165) is 0 Å². The number of H-pyrrole nitrogens is 1. The molecule has 2 aromatic rings. The first kappa shape index (κ1) is 16.9. The van der Waals surface area contributed by atoms with Gasteiger partial charge in [-0.1, -0.05) is 18.2 Å². The Labute approximate surface area is 144 Å². The number of amides is 1. The van der Waals surface area contributed by atoms with E-state index >= 15 is 0 Å². The lowest BCUT2D eigenvalue weighted by Crippen LogP contribution is -2.36. The number of hydrogen-bond acceptors (Lipinski definition) is 5. The van der Waals surface area contributed by atoms with Crippen LogP contribution in [-0.2, 0) is 15.1 Å². The Hall–Kier alpha value is -2.93. The molecule has 25 heavy (non-hydrogen) atoms. The second kappa shape index (κ2) is 5.86. The predicted molar refractivity (Wildman–Crippen MR) is 89.5 cm³/mol. The maximum Gasteiger partial charge on any atom is 0.339 e. The van der Waals surface area contributed by atoms with Crippen LogP contribution in [0.15, 0.2) is 24.3 Å². The molecular weight excluding hydrogens is 324 g/mol. The molecule has 130 valence electrons. The van der Waals surface area contributed by atoms with Crippen molar-refractivity contribution in [3.05, 3.63) is 52.3 Å². The van der Waals surface area contributed by atoms with E-state index in [2.05, 4.69) is 10.3 Å². The van der Waals surface area contributed by atoms with E-state index in [1.54, 1.807) is 38.1 Å². The van der Waals surface area contributed by atoms with Crippen LogP contribution in [0.2, 0.25) is 0 Å². The molecule has 7 heteroatoms. The molecule has 1 aromatic carbocycles. The van der Waals surface area contributed by atoms with Crippen molar-refractivity contribution in [3.8, 4) is 0 Å². The minimum absolute atomic E-state index is 0.184. The van der Waals surface area contributed by atoms with Gasteiger partial charge in [0.15, 0.2) is 11.4 Å². The first-order valence-electron chi connectivity index (χ1n) is 7.73. The third kappa shape index (κ3) is 2.53. The average molecular weight is 342 g/mol. The summed E-state index contributed by atoms with van der Waals surface area (Å²) >= 11 is 0.